The monoisotopic (exact) mass is 443 g/mol. The van der Waals surface area contributed by atoms with Crippen molar-refractivity contribution in [2.24, 2.45) is 0 Å². The van der Waals surface area contributed by atoms with Gasteiger partial charge >= 0.3 is 0 Å². The van der Waals surface area contributed by atoms with E-state index in [1.54, 1.807) is 51.7 Å². The maximum atomic E-state index is 11.3. The Kier molecular flexibility index (Phi) is 6.17. The molecule has 0 unspecified atom stereocenters. The lowest BCUT2D eigenvalue weighted by Gasteiger charge is -2.15. The number of benzene rings is 3. The number of hydrogen-bond acceptors (Lipinski definition) is 7. The second kappa shape index (κ2) is 9.35. The Labute approximate surface area is 190 Å². The first-order valence-corrected chi connectivity index (χ1v) is 10.0. The van der Waals surface area contributed by atoms with Crippen molar-refractivity contribution < 1.29 is 19.1 Å². The summed E-state index contributed by atoms with van der Waals surface area (Å²) in [5.41, 5.74) is 3.29. The van der Waals surface area contributed by atoms with E-state index in [0.29, 0.717) is 40.0 Å². The van der Waals surface area contributed by atoms with Gasteiger partial charge in [-0.3, -0.25) is 10.1 Å². The minimum atomic E-state index is -0.428. The highest BCUT2D eigenvalue weighted by molar-refractivity contribution is 5.75. The Morgan fingerprint density at radius 2 is 1.30 bits per heavy atom. The van der Waals surface area contributed by atoms with E-state index in [0.717, 1.165) is 11.1 Å². The molecule has 0 saturated carbocycles. The normalized spacial score (nSPS) is 10.5. The van der Waals surface area contributed by atoms with E-state index in [1.807, 2.05) is 30.3 Å². The number of nitro groups is 1. The second-order valence-electron chi connectivity index (χ2n) is 7.05. The predicted molar refractivity (Wildman–Crippen MR) is 125 cm³/mol. The summed E-state index contributed by atoms with van der Waals surface area (Å²) in [6.45, 7) is 0. The number of methoxy groups -OCH3 is 3. The lowest BCUT2D eigenvalue weighted by atomic mass is 10.0. The summed E-state index contributed by atoms with van der Waals surface area (Å²) in [5.74, 6) is 1.94. The first kappa shape index (κ1) is 21.8. The lowest BCUT2D eigenvalue weighted by molar-refractivity contribution is -0.384. The average Bonchev–Trinajstić information content (AvgIpc) is 2.88. The first-order valence-electron chi connectivity index (χ1n) is 10.0. The van der Waals surface area contributed by atoms with Crippen LogP contribution < -0.4 is 14.2 Å². The van der Waals surface area contributed by atoms with Crippen LogP contribution in [0.25, 0.3) is 33.9 Å². The van der Waals surface area contributed by atoms with Crippen LogP contribution in [0.3, 0.4) is 0 Å². The Balaban J connectivity index is 1.95. The van der Waals surface area contributed by atoms with Crippen molar-refractivity contribution in [3.05, 3.63) is 82.9 Å². The summed E-state index contributed by atoms with van der Waals surface area (Å²) in [6, 6.07) is 21.3. The summed E-state index contributed by atoms with van der Waals surface area (Å²) >= 11 is 0. The minimum absolute atomic E-state index is 0.0123. The molecule has 4 aromatic rings. The molecule has 8 heteroatoms. The van der Waals surface area contributed by atoms with Gasteiger partial charge in [0.25, 0.3) is 5.69 Å². The minimum Gasteiger partial charge on any atom is -0.493 e. The molecule has 0 aliphatic heterocycles. The van der Waals surface area contributed by atoms with E-state index in [2.05, 4.69) is 0 Å². The fraction of sp³-hybridized carbons (Fsp3) is 0.120. The highest BCUT2D eigenvalue weighted by Crippen LogP contribution is 2.41. The lowest BCUT2D eigenvalue weighted by Crippen LogP contribution is -1.99. The van der Waals surface area contributed by atoms with Crippen molar-refractivity contribution in [2.75, 3.05) is 21.3 Å². The van der Waals surface area contributed by atoms with Gasteiger partial charge in [0.05, 0.1) is 37.6 Å². The summed E-state index contributed by atoms with van der Waals surface area (Å²) in [7, 11) is 4.63. The van der Waals surface area contributed by atoms with Gasteiger partial charge in [-0.2, -0.15) is 0 Å². The molecule has 33 heavy (non-hydrogen) atoms. The zero-order valence-corrected chi connectivity index (χ0v) is 18.3. The third-order valence-corrected chi connectivity index (χ3v) is 5.07. The van der Waals surface area contributed by atoms with Crippen LogP contribution in [0.4, 0.5) is 5.69 Å². The number of ether oxygens (including phenoxy) is 3. The molecular formula is C25H21N3O5. The van der Waals surface area contributed by atoms with Gasteiger partial charge < -0.3 is 14.2 Å². The molecular weight excluding hydrogens is 422 g/mol. The molecule has 0 aliphatic carbocycles. The van der Waals surface area contributed by atoms with Crippen molar-refractivity contribution in [1.29, 1.82) is 0 Å². The number of non-ortho nitro benzene ring substituents is 1. The van der Waals surface area contributed by atoms with Crippen LogP contribution in [0, 0.1) is 10.1 Å². The van der Waals surface area contributed by atoms with Gasteiger partial charge in [-0.15, -0.1) is 0 Å². The Hall–Kier alpha value is -4.46. The van der Waals surface area contributed by atoms with Crippen LogP contribution in [0.15, 0.2) is 72.8 Å². The van der Waals surface area contributed by atoms with Crippen molar-refractivity contribution >= 4 is 5.69 Å². The highest BCUT2D eigenvalue weighted by Gasteiger charge is 2.17. The zero-order valence-electron chi connectivity index (χ0n) is 18.3. The molecule has 0 atom stereocenters. The Bertz CT molecular complexity index is 1280. The smallest absolute Gasteiger partial charge is 0.270 e. The van der Waals surface area contributed by atoms with E-state index in [1.165, 1.54) is 12.1 Å². The van der Waals surface area contributed by atoms with Crippen LogP contribution in [-0.2, 0) is 0 Å². The van der Waals surface area contributed by atoms with E-state index in [9.17, 15) is 10.1 Å². The molecule has 4 rings (SSSR count). The number of nitro benzene ring substituents is 1. The predicted octanol–water partition coefficient (Wildman–Crippen LogP) is 5.41. The van der Waals surface area contributed by atoms with E-state index in [-0.39, 0.29) is 5.69 Å². The van der Waals surface area contributed by atoms with Gasteiger partial charge in [-0.05, 0) is 18.2 Å². The summed E-state index contributed by atoms with van der Waals surface area (Å²) < 4.78 is 16.4. The number of nitrogens with zero attached hydrogens (tertiary/aromatic N) is 3. The van der Waals surface area contributed by atoms with E-state index >= 15 is 0 Å². The van der Waals surface area contributed by atoms with Gasteiger partial charge in [0.2, 0.25) is 5.75 Å². The number of rotatable bonds is 7. The Morgan fingerprint density at radius 3 is 1.88 bits per heavy atom. The first-order chi connectivity index (χ1) is 16.0. The van der Waals surface area contributed by atoms with Crippen LogP contribution in [0.5, 0.6) is 17.2 Å². The van der Waals surface area contributed by atoms with Crippen molar-refractivity contribution in [2.45, 2.75) is 0 Å². The standard InChI is InChI=1S/C25H21N3O5/c1-31-22-13-18(14-23(32-2)24(22)33-3)21-15-20(17-10-7-11-19(12-17)28(29)30)26-25(27-21)16-8-5-4-6-9-16/h4-15H,1-3H3. The van der Waals surface area contributed by atoms with E-state index in [4.69, 9.17) is 24.2 Å². The molecule has 166 valence electrons. The molecule has 0 radical (unpaired) electrons. The zero-order chi connectivity index (χ0) is 23.4. The second-order valence-corrected chi connectivity index (χ2v) is 7.05. The highest BCUT2D eigenvalue weighted by atomic mass is 16.6. The number of aromatic nitrogens is 2. The van der Waals surface area contributed by atoms with Crippen molar-refractivity contribution in [3.63, 3.8) is 0 Å². The van der Waals surface area contributed by atoms with Gasteiger partial charge in [0, 0.05) is 28.8 Å². The summed E-state index contributed by atoms with van der Waals surface area (Å²) in [5, 5.41) is 11.3. The van der Waals surface area contributed by atoms with E-state index < -0.39 is 4.92 Å². The van der Waals surface area contributed by atoms with Gasteiger partial charge in [0.1, 0.15) is 0 Å². The van der Waals surface area contributed by atoms with Gasteiger partial charge in [-0.1, -0.05) is 42.5 Å². The molecule has 0 N–H and O–H groups in total. The number of hydrogen-bond donors (Lipinski definition) is 0. The third kappa shape index (κ3) is 4.45. The molecule has 8 nitrogen and oxygen atoms in total. The maximum absolute atomic E-state index is 11.3. The van der Waals surface area contributed by atoms with Crippen molar-refractivity contribution in [3.8, 4) is 51.2 Å². The summed E-state index contributed by atoms with van der Waals surface area (Å²) in [6.07, 6.45) is 0. The Morgan fingerprint density at radius 1 is 0.697 bits per heavy atom. The molecule has 0 amide bonds. The van der Waals surface area contributed by atoms with Crippen LogP contribution >= 0.6 is 0 Å². The van der Waals surface area contributed by atoms with Crippen molar-refractivity contribution in [1.82, 2.24) is 9.97 Å². The van der Waals surface area contributed by atoms with Crippen LogP contribution in [0.2, 0.25) is 0 Å². The SMILES string of the molecule is COc1cc(-c2cc(-c3cccc([N+](=O)[O-])c3)nc(-c3ccccc3)n2)cc(OC)c1OC. The average molecular weight is 443 g/mol. The molecule has 1 aromatic heterocycles. The quantitative estimate of drug-likeness (QED) is 0.278. The maximum Gasteiger partial charge on any atom is 0.270 e. The molecule has 0 bridgehead atoms. The van der Waals surface area contributed by atoms with Crippen LogP contribution in [0.1, 0.15) is 0 Å². The molecule has 1 heterocycles. The third-order valence-electron chi connectivity index (χ3n) is 5.07. The summed E-state index contributed by atoms with van der Waals surface area (Å²) in [4.78, 5) is 20.3. The molecule has 0 spiro atoms. The van der Waals surface area contributed by atoms with Gasteiger partial charge in [-0.25, -0.2) is 9.97 Å². The fourth-order valence-electron chi connectivity index (χ4n) is 3.47. The van der Waals surface area contributed by atoms with Crippen LogP contribution in [-0.4, -0.2) is 36.2 Å². The molecule has 0 fully saturated rings. The topological polar surface area (TPSA) is 96.6 Å². The largest absolute Gasteiger partial charge is 0.493 e. The molecule has 0 aliphatic rings. The van der Waals surface area contributed by atoms with Gasteiger partial charge in [0.15, 0.2) is 17.3 Å². The molecule has 0 saturated heterocycles. The fourth-order valence-corrected chi connectivity index (χ4v) is 3.47. The molecule has 3 aromatic carbocycles.